The van der Waals surface area contributed by atoms with Gasteiger partial charge in [-0.25, -0.2) is 0 Å². The molecular formula is C26H42N2O6. The molecule has 1 spiro atoms. The normalized spacial score (nSPS) is 34.9. The molecule has 2 bridgehead atoms. The van der Waals surface area contributed by atoms with E-state index in [2.05, 4.69) is 13.5 Å². The molecule has 0 radical (unpaired) electrons. The highest BCUT2D eigenvalue weighted by atomic mass is 16.5. The lowest BCUT2D eigenvalue weighted by Crippen LogP contribution is -2.58. The molecule has 3 aliphatic heterocycles. The molecule has 8 nitrogen and oxygen atoms in total. The number of rotatable bonds is 13. The number of aliphatic hydroxyl groups is 1. The van der Waals surface area contributed by atoms with E-state index in [1.54, 1.807) is 22.8 Å². The molecule has 0 aromatic heterocycles. The van der Waals surface area contributed by atoms with Crippen LogP contribution in [0.3, 0.4) is 0 Å². The number of amides is 2. The van der Waals surface area contributed by atoms with E-state index in [1.165, 1.54) is 0 Å². The molecule has 2 amide bonds. The van der Waals surface area contributed by atoms with Crippen LogP contribution >= 0.6 is 0 Å². The summed E-state index contributed by atoms with van der Waals surface area (Å²) in [6.45, 7) is 12.5. The highest BCUT2D eigenvalue weighted by Gasteiger charge is 2.80. The molecule has 2 N–H and O–H groups in total. The van der Waals surface area contributed by atoms with Crippen molar-refractivity contribution in [3.63, 3.8) is 0 Å². The fraction of sp³-hybridized carbons (Fsp3) is 0.808. The van der Waals surface area contributed by atoms with Crippen molar-refractivity contribution in [3.8, 4) is 0 Å². The molecule has 0 aromatic rings. The summed E-state index contributed by atoms with van der Waals surface area (Å²) >= 11 is 0. The van der Waals surface area contributed by atoms with Crippen LogP contribution in [0, 0.1) is 17.8 Å². The third-order valence-electron chi connectivity index (χ3n) is 8.47. The van der Waals surface area contributed by atoms with Crippen molar-refractivity contribution < 1.29 is 29.3 Å². The first-order valence-corrected chi connectivity index (χ1v) is 12.9. The molecule has 3 rings (SSSR count). The number of carboxylic acid groups (broad SMARTS) is 1. The van der Waals surface area contributed by atoms with Crippen LogP contribution in [0.4, 0.5) is 0 Å². The minimum absolute atomic E-state index is 0.0330. The molecule has 7 atom stereocenters. The summed E-state index contributed by atoms with van der Waals surface area (Å²) in [5, 5.41) is 19.2. The van der Waals surface area contributed by atoms with Crippen molar-refractivity contribution >= 4 is 17.8 Å². The Hall–Kier alpha value is -1.93. The maximum absolute atomic E-state index is 14.2. The van der Waals surface area contributed by atoms with Crippen LogP contribution < -0.4 is 0 Å². The Morgan fingerprint density at radius 2 is 2.00 bits per heavy atom. The Morgan fingerprint density at radius 1 is 1.32 bits per heavy atom. The van der Waals surface area contributed by atoms with E-state index in [-0.39, 0.29) is 30.4 Å². The molecule has 192 valence electrons. The Balaban J connectivity index is 2.01. The monoisotopic (exact) mass is 478 g/mol. The predicted octanol–water partition coefficient (Wildman–Crippen LogP) is 2.84. The number of ether oxygens (including phenoxy) is 1. The first-order chi connectivity index (χ1) is 16.1. The molecule has 3 fully saturated rings. The minimum Gasteiger partial charge on any atom is -0.481 e. The van der Waals surface area contributed by atoms with Crippen LogP contribution in [0.25, 0.3) is 0 Å². The molecule has 8 heteroatoms. The van der Waals surface area contributed by atoms with Crippen molar-refractivity contribution in [3.05, 3.63) is 12.7 Å². The number of fused-ring (bicyclic) bond motifs is 1. The van der Waals surface area contributed by atoms with Gasteiger partial charge in [0.25, 0.3) is 0 Å². The number of likely N-dealkylation sites (tertiary alicyclic amines) is 1. The molecule has 3 heterocycles. The summed E-state index contributed by atoms with van der Waals surface area (Å²) in [4.78, 5) is 43.8. The summed E-state index contributed by atoms with van der Waals surface area (Å²) in [5.41, 5.74) is -2.10. The van der Waals surface area contributed by atoms with Crippen molar-refractivity contribution in [2.45, 2.75) is 95.9 Å². The maximum atomic E-state index is 14.2. The van der Waals surface area contributed by atoms with Crippen LogP contribution in [0.2, 0.25) is 0 Å². The van der Waals surface area contributed by atoms with Gasteiger partial charge in [-0.1, -0.05) is 39.2 Å². The van der Waals surface area contributed by atoms with Crippen molar-refractivity contribution in [2.75, 3.05) is 19.7 Å². The standard InChI is InChI=1S/C26H42N2O6/c1-6-12-18(4)27(13-7-2)23(31)21-26-16-17(3)25(5,34-26)20(24(32)33)19(26)22(30)28(21)14-10-8-9-11-15-29/h7,17-21,29H,2,6,8-16H2,1,3-5H3,(H,32,33)/t17?,18?,19-,20+,21?,25-,26?/m0/s1. The van der Waals surface area contributed by atoms with Crippen LogP contribution in [0.1, 0.15) is 72.6 Å². The van der Waals surface area contributed by atoms with Crippen LogP contribution in [0.15, 0.2) is 12.7 Å². The zero-order chi connectivity index (χ0) is 25.3. The number of aliphatic hydroxyl groups excluding tert-OH is 1. The Bertz CT molecular complexity index is 802. The quantitative estimate of drug-likeness (QED) is 0.311. The van der Waals surface area contributed by atoms with Crippen molar-refractivity contribution in [1.29, 1.82) is 0 Å². The van der Waals surface area contributed by atoms with Crippen molar-refractivity contribution in [2.24, 2.45) is 17.8 Å². The molecule has 3 saturated heterocycles. The van der Waals surface area contributed by atoms with E-state index in [4.69, 9.17) is 9.84 Å². The van der Waals surface area contributed by atoms with Crippen LogP contribution in [-0.4, -0.2) is 80.8 Å². The Labute approximate surface area is 203 Å². The number of carbonyl (C=O) groups excluding carboxylic acids is 2. The third-order valence-corrected chi connectivity index (χ3v) is 8.47. The number of hydrogen-bond acceptors (Lipinski definition) is 5. The zero-order valence-electron chi connectivity index (χ0n) is 21.2. The van der Waals surface area contributed by atoms with Gasteiger partial charge in [0.1, 0.15) is 17.6 Å². The Morgan fingerprint density at radius 3 is 2.59 bits per heavy atom. The molecule has 0 aliphatic carbocycles. The molecule has 0 aromatic carbocycles. The van der Waals surface area contributed by atoms with E-state index >= 15 is 0 Å². The SMILES string of the molecule is C=CCN(C(=O)C1N(CCCCCCO)C(=O)[C@@H]2[C@H](C(=O)O)[C@@]3(C)OC12CC3C)C(C)CCC. The van der Waals surface area contributed by atoms with E-state index in [0.29, 0.717) is 32.4 Å². The number of nitrogens with zero attached hydrogens (tertiary/aromatic N) is 2. The van der Waals surface area contributed by atoms with E-state index in [0.717, 1.165) is 25.7 Å². The van der Waals surface area contributed by atoms with Gasteiger partial charge in [-0.3, -0.25) is 14.4 Å². The summed E-state index contributed by atoms with van der Waals surface area (Å²) in [6.07, 6.45) is 6.98. The number of unbranched alkanes of at least 4 members (excludes halogenated alkanes) is 3. The fourth-order valence-corrected chi connectivity index (χ4v) is 6.74. The van der Waals surface area contributed by atoms with Gasteiger partial charge in [-0.15, -0.1) is 6.58 Å². The topological polar surface area (TPSA) is 107 Å². The summed E-state index contributed by atoms with van der Waals surface area (Å²) in [5.74, 6) is -3.39. The first kappa shape index (κ1) is 26.7. The number of aliphatic carboxylic acids is 1. The van der Waals surface area contributed by atoms with Gasteiger partial charge in [-0.2, -0.15) is 0 Å². The summed E-state index contributed by atoms with van der Waals surface area (Å²) in [7, 11) is 0. The van der Waals surface area contributed by atoms with Gasteiger partial charge in [0.15, 0.2) is 0 Å². The minimum atomic E-state index is -1.12. The van der Waals surface area contributed by atoms with Gasteiger partial charge in [0.2, 0.25) is 11.8 Å². The zero-order valence-corrected chi connectivity index (χ0v) is 21.2. The molecule has 34 heavy (non-hydrogen) atoms. The molecular weight excluding hydrogens is 436 g/mol. The second-order valence-corrected chi connectivity index (χ2v) is 10.6. The van der Waals surface area contributed by atoms with E-state index < -0.39 is 35.0 Å². The predicted molar refractivity (Wildman–Crippen MR) is 128 cm³/mol. The van der Waals surface area contributed by atoms with Crippen LogP contribution in [0.5, 0.6) is 0 Å². The number of carbonyl (C=O) groups is 3. The first-order valence-electron chi connectivity index (χ1n) is 12.9. The third kappa shape index (κ3) is 4.17. The maximum Gasteiger partial charge on any atom is 0.310 e. The smallest absolute Gasteiger partial charge is 0.310 e. The largest absolute Gasteiger partial charge is 0.481 e. The van der Waals surface area contributed by atoms with Gasteiger partial charge in [-0.05, 0) is 45.4 Å². The molecule has 3 aliphatic rings. The summed E-state index contributed by atoms with van der Waals surface area (Å²) < 4.78 is 6.56. The number of carboxylic acids is 1. The molecule has 0 saturated carbocycles. The second-order valence-electron chi connectivity index (χ2n) is 10.6. The van der Waals surface area contributed by atoms with Crippen LogP contribution in [-0.2, 0) is 19.1 Å². The fourth-order valence-electron chi connectivity index (χ4n) is 6.74. The van der Waals surface area contributed by atoms with Crippen molar-refractivity contribution in [1.82, 2.24) is 9.80 Å². The number of hydrogen-bond donors (Lipinski definition) is 2. The lowest BCUT2D eigenvalue weighted by atomic mass is 9.62. The molecule has 4 unspecified atom stereocenters. The van der Waals surface area contributed by atoms with E-state index in [1.807, 2.05) is 13.8 Å². The van der Waals surface area contributed by atoms with E-state index in [9.17, 15) is 19.5 Å². The highest BCUT2D eigenvalue weighted by Crippen LogP contribution is 2.65. The van der Waals surface area contributed by atoms with Gasteiger partial charge < -0.3 is 24.7 Å². The lowest BCUT2D eigenvalue weighted by Gasteiger charge is -2.39. The average molecular weight is 479 g/mol. The highest BCUT2D eigenvalue weighted by molar-refractivity contribution is 5.98. The Kier molecular flexibility index (Phi) is 8.13. The summed E-state index contributed by atoms with van der Waals surface area (Å²) in [6, 6.07) is -0.870. The van der Waals surface area contributed by atoms with Gasteiger partial charge in [0.05, 0.1) is 11.5 Å². The van der Waals surface area contributed by atoms with Gasteiger partial charge >= 0.3 is 5.97 Å². The second kappa shape index (κ2) is 10.4. The average Bonchev–Trinajstić information content (AvgIpc) is 3.28. The van der Waals surface area contributed by atoms with Gasteiger partial charge in [0, 0.05) is 25.7 Å². The lowest BCUT2D eigenvalue weighted by molar-refractivity contribution is -0.158.